The van der Waals surface area contributed by atoms with Gasteiger partial charge in [0.15, 0.2) is 5.82 Å². The van der Waals surface area contributed by atoms with Gasteiger partial charge >= 0.3 is 0 Å². The molecule has 4 heterocycles. The molecule has 0 spiro atoms. The number of hydrogen-bond donors (Lipinski definition) is 1. The summed E-state index contributed by atoms with van der Waals surface area (Å²) in [5.74, 6) is 1.45. The highest BCUT2D eigenvalue weighted by molar-refractivity contribution is 5.64. The molecular weight excluding hydrogens is 380 g/mol. The molecule has 152 valence electrons. The number of H-pyrrole nitrogens is 1. The molecule has 1 N–H and O–H groups in total. The van der Waals surface area contributed by atoms with Crippen LogP contribution >= 0.6 is 0 Å². The Kier molecular flexibility index (Phi) is 4.72. The minimum Gasteiger partial charge on any atom is -0.348 e. The van der Waals surface area contributed by atoms with Crippen LogP contribution in [0.5, 0.6) is 0 Å². The number of hydrogen-bond acceptors (Lipinski definition) is 7. The van der Waals surface area contributed by atoms with Gasteiger partial charge in [-0.05, 0) is 6.92 Å². The Balaban J connectivity index is 1.33. The summed E-state index contributed by atoms with van der Waals surface area (Å²) in [6.45, 7) is 5.30. The third-order valence-electron chi connectivity index (χ3n) is 5.41. The molecule has 1 fully saturated rings. The van der Waals surface area contributed by atoms with Crippen molar-refractivity contribution < 1.29 is 0 Å². The molecule has 9 nitrogen and oxygen atoms in total. The summed E-state index contributed by atoms with van der Waals surface area (Å²) in [4.78, 5) is 28.8. The molecular formula is C21H22N8O. The van der Waals surface area contributed by atoms with Crippen molar-refractivity contribution in [1.82, 2.24) is 34.4 Å². The molecule has 1 unspecified atom stereocenters. The van der Waals surface area contributed by atoms with Crippen LogP contribution in [0.2, 0.25) is 0 Å². The summed E-state index contributed by atoms with van der Waals surface area (Å²) in [5.41, 5.74) is 2.31. The maximum atomic E-state index is 12.2. The number of rotatable bonds is 4. The van der Waals surface area contributed by atoms with Crippen molar-refractivity contribution in [2.45, 2.75) is 19.5 Å². The number of aromatic amines is 1. The number of benzene rings is 1. The molecule has 4 aromatic rings. The number of nitrogens with zero attached hydrogens (tertiary/aromatic N) is 7. The van der Waals surface area contributed by atoms with E-state index in [1.54, 1.807) is 18.6 Å². The molecule has 1 atom stereocenters. The van der Waals surface area contributed by atoms with E-state index in [0.29, 0.717) is 12.4 Å². The standard InChI is InChI=1S/C21H22N8O/c1-15-12-27(9-10-29(15)20-21-26-23-14-28(21)8-7-22-20)13-17-11-18(30)25-19(24-17)16-5-3-2-4-6-16/h2-8,11,14-15H,9-10,12-13H2,1H3,(H,24,25,30). The lowest BCUT2D eigenvalue weighted by atomic mass is 10.1. The SMILES string of the molecule is CC1CN(Cc2cc(=O)[nH]c(-c3ccccc3)n2)CCN1c1nccn2cnnc12. The molecule has 0 bridgehead atoms. The molecule has 5 rings (SSSR count). The fourth-order valence-electron chi connectivity index (χ4n) is 3.99. The van der Waals surface area contributed by atoms with E-state index < -0.39 is 0 Å². The molecule has 1 aliphatic rings. The Labute approximate surface area is 173 Å². The minimum atomic E-state index is -0.131. The van der Waals surface area contributed by atoms with E-state index in [1.165, 1.54) is 0 Å². The monoisotopic (exact) mass is 402 g/mol. The van der Waals surface area contributed by atoms with E-state index in [1.807, 2.05) is 40.9 Å². The van der Waals surface area contributed by atoms with Crippen LogP contribution in [0.3, 0.4) is 0 Å². The summed E-state index contributed by atoms with van der Waals surface area (Å²) < 4.78 is 1.88. The molecule has 0 radical (unpaired) electrons. The number of anilines is 1. The quantitative estimate of drug-likeness (QED) is 0.554. The number of fused-ring (bicyclic) bond motifs is 1. The van der Waals surface area contributed by atoms with Crippen molar-refractivity contribution in [3.8, 4) is 11.4 Å². The van der Waals surface area contributed by atoms with Crippen molar-refractivity contribution in [3.05, 3.63) is 71.2 Å². The van der Waals surface area contributed by atoms with Crippen LogP contribution in [0.1, 0.15) is 12.6 Å². The molecule has 3 aromatic heterocycles. The lowest BCUT2D eigenvalue weighted by molar-refractivity contribution is 0.218. The molecule has 0 saturated carbocycles. The van der Waals surface area contributed by atoms with Crippen LogP contribution in [0, 0.1) is 0 Å². The Bertz CT molecular complexity index is 1220. The van der Waals surface area contributed by atoms with Crippen molar-refractivity contribution in [2.75, 3.05) is 24.5 Å². The predicted molar refractivity (Wildman–Crippen MR) is 113 cm³/mol. The summed E-state index contributed by atoms with van der Waals surface area (Å²) in [7, 11) is 0. The molecule has 1 aromatic carbocycles. The Morgan fingerprint density at radius 1 is 1.20 bits per heavy atom. The number of aromatic nitrogens is 6. The van der Waals surface area contributed by atoms with E-state index in [-0.39, 0.29) is 11.6 Å². The van der Waals surface area contributed by atoms with Crippen molar-refractivity contribution in [1.29, 1.82) is 0 Å². The largest absolute Gasteiger partial charge is 0.348 e. The second kappa shape index (κ2) is 7.68. The van der Waals surface area contributed by atoms with Gasteiger partial charge < -0.3 is 9.88 Å². The van der Waals surface area contributed by atoms with E-state index in [9.17, 15) is 4.79 Å². The minimum absolute atomic E-state index is 0.131. The van der Waals surface area contributed by atoms with E-state index >= 15 is 0 Å². The topological polar surface area (TPSA) is 95.3 Å². The first-order chi connectivity index (χ1) is 14.7. The van der Waals surface area contributed by atoms with Crippen LogP contribution in [0.15, 0.2) is 59.9 Å². The second-order valence-corrected chi connectivity index (χ2v) is 7.54. The molecule has 9 heteroatoms. The van der Waals surface area contributed by atoms with Gasteiger partial charge in [-0.1, -0.05) is 30.3 Å². The van der Waals surface area contributed by atoms with Gasteiger partial charge in [-0.25, -0.2) is 9.97 Å². The summed E-state index contributed by atoms with van der Waals surface area (Å²) in [6.07, 6.45) is 5.31. The maximum absolute atomic E-state index is 12.2. The number of piperazine rings is 1. The Morgan fingerprint density at radius 2 is 2.07 bits per heavy atom. The van der Waals surface area contributed by atoms with E-state index in [2.05, 4.69) is 41.9 Å². The summed E-state index contributed by atoms with van der Waals surface area (Å²) in [5, 5.41) is 8.20. The first kappa shape index (κ1) is 18.4. The third kappa shape index (κ3) is 3.55. The fraction of sp³-hybridized carbons (Fsp3) is 0.286. The van der Waals surface area contributed by atoms with Crippen LogP contribution in [0.4, 0.5) is 5.82 Å². The van der Waals surface area contributed by atoms with E-state index in [4.69, 9.17) is 0 Å². The molecule has 1 aliphatic heterocycles. The maximum Gasteiger partial charge on any atom is 0.251 e. The predicted octanol–water partition coefficient (Wildman–Crippen LogP) is 1.59. The van der Waals surface area contributed by atoms with Crippen molar-refractivity contribution in [2.24, 2.45) is 0 Å². The molecule has 0 aliphatic carbocycles. The van der Waals surface area contributed by atoms with Crippen molar-refractivity contribution in [3.63, 3.8) is 0 Å². The van der Waals surface area contributed by atoms with Gasteiger partial charge in [-0.3, -0.25) is 14.1 Å². The first-order valence-electron chi connectivity index (χ1n) is 9.96. The van der Waals surface area contributed by atoms with Gasteiger partial charge in [-0.15, -0.1) is 10.2 Å². The highest BCUT2D eigenvalue weighted by atomic mass is 16.1. The van der Waals surface area contributed by atoms with E-state index in [0.717, 1.165) is 42.4 Å². The highest BCUT2D eigenvalue weighted by Gasteiger charge is 2.27. The van der Waals surface area contributed by atoms with Gasteiger partial charge in [0, 0.05) is 56.2 Å². The summed E-state index contributed by atoms with van der Waals surface area (Å²) >= 11 is 0. The van der Waals surface area contributed by atoms with Gasteiger partial charge in [0.1, 0.15) is 12.2 Å². The molecule has 30 heavy (non-hydrogen) atoms. The zero-order valence-corrected chi connectivity index (χ0v) is 16.6. The van der Waals surface area contributed by atoms with Crippen LogP contribution in [0.25, 0.3) is 17.0 Å². The Morgan fingerprint density at radius 3 is 2.90 bits per heavy atom. The lowest BCUT2D eigenvalue weighted by Gasteiger charge is -2.40. The van der Waals surface area contributed by atoms with Crippen molar-refractivity contribution >= 4 is 11.5 Å². The van der Waals surface area contributed by atoms with Gasteiger partial charge in [0.2, 0.25) is 5.65 Å². The van der Waals surface area contributed by atoms with Gasteiger partial charge in [0.05, 0.1) is 5.69 Å². The average Bonchev–Trinajstić information content (AvgIpc) is 3.23. The lowest BCUT2D eigenvalue weighted by Crippen LogP contribution is -2.52. The third-order valence-corrected chi connectivity index (χ3v) is 5.41. The average molecular weight is 402 g/mol. The number of nitrogens with one attached hydrogen (secondary N) is 1. The Hall–Kier alpha value is -3.59. The normalized spacial score (nSPS) is 17.5. The van der Waals surface area contributed by atoms with Crippen LogP contribution < -0.4 is 10.5 Å². The molecule has 0 amide bonds. The second-order valence-electron chi connectivity index (χ2n) is 7.54. The van der Waals surface area contributed by atoms with Crippen LogP contribution in [-0.2, 0) is 6.54 Å². The van der Waals surface area contributed by atoms with Crippen LogP contribution in [-0.4, -0.2) is 60.1 Å². The smallest absolute Gasteiger partial charge is 0.251 e. The first-order valence-corrected chi connectivity index (χ1v) is 9.96. The zero-order valence-electron chi connectivity index (χ0n) is 16.6. The highest BCUT2D eigenvalue weighted by Crippen LogP contribution is 2.22. The molecule has 1 saturated heterocycles. The zero-order chi connectivity index (χ0) is 20.5. The van der Waals surface area contributed by atoms with Gasteiger partial charge in [-0.2, -0.15) is 0 Å². The summed E-state index contributed by atoms with van der Waals surface area (Å²) in [6, 6.07) is 11.5. The van der Waals surface area contributed by atoms with Gasteiger partial charge in [0.25, 0.3) is 5.56 Å². The fourth-order valence-corrected chi connectivity index (χ4v) is 3.99.